The number of benzene rings is 1. The molecule has 4 rings (SSSR count). The van der Waals surface area contributed by atoms with Gasteiger partial charge in [-0.2, -0.15) is 19.7 Å². The van der Waals surface area contributed by atoms with E-state index in [1.165, 1.54) is 12.3 Å². The molecular formula is C19H13ClFN7. The zero-order valence-electron chi connectivity index (χ0n) is 14.7. The van der Waals surface area contributed by atoms with Crippen LogP contribution in [-0.4, -0.2) is 25.1 Å². The molecule has 28 heavy (non-hydrogen) atoms. The summed E-state index contributed by atoms with van der Waals surface area (Å²) in [5.74, 6) is -0.206. The summed E-state index contributed by atoms with van der Waals surface area (Å²) in [6, 6.07) is 10.3. The van der Waals surface area contributed by atoms with E-state index in [-0.39, 0.29) is 0 Å². The van der Waals surface area contributed by atoms with Crippen LogP contribution in [0.2, 0.25) is 5.02 Å². The van der Waals surface area contributed by atoms with Crippen molar-refractivity contribution in [3.63, 3.8) is 0 Å². The van der Waals surface area contributed by atoms with Crippen LogP contribution in [0.25, 0.3) is 22.3 Å². The first kappa shape index (κ1) is 17.8. The molecule has 0 unspecified atom stereocenters. The zero-order chi connectivity index (χ0) is 19.7. The minimum atomic E-state index is -0.582. The number of nitrogens with zero attached hydrogens (tertiary/aromatic N) is 5. The van der Waals surface area contributed by atoms with Crippen molar-refractivity contribution in [2.45, 2.75) is 13.5 Å². The average molecular weight is 394 g/mol. The molecule has 0 aliphatic carbocycles. The molecule has 2 N–H and O–H groups in total. The molecule has 1 aromatic carbocycles. The third-order valence-corrected chi connectivity index (χ3v) is 4.52. The van der Waals surface area contributed by atoms with Crippen molar-refractivity contribution in [1.29, 1.82) is 5.26 Å². The predicted octanol–water partition coefficient (Wildman–Crippen LogP) is 4.00. The van der Waals surface area contributed by atoms with Crippen molar-refractivity contribution in [3.8, 4) is 17.3 Å². The maximum absolute atomic E-state index is 13.2. The summed E-state index contributed by atoms with van der Waals surface area (Å²) < 4.78 is 13.2. The number of rotatable bonds is 4. The lowest BCUT2D eigenvalue weighted by Gasteiger charge is -2.10. The van der Waals surface area contributed by atoms with Gasteiger partial charge in [-0.05, 0) is 36.8 Å². The highest BCUT2D eigenvalue weighted by molar-refractivity contribution is 6.33. The number of aromatic nitrogens is 5. The minimum Gasteiger partial charge on any atom is -0.349 e. The number of anilines is 1. The first-order valence-electron chi connectivity index (χ1n) is 8.32. The third-order valence-electron chi connectivity index (χ3n) is 4.24. The Morgan fingerprint density at radius 3 is 2.89 bits per heavy atom. The Balaban J connectivity index is 1.61. The molecule has 0 bridgehead atoms. The third kappa shape index (κ3) is 3.35. The van der Waals surface area contributed by atoms with E-state index in [9.17, 15) is 4.39 Å². The first-order valence-corrected chi connectivity index (χ1v) is 8.70. The number of aromatic amines is 1. The molecule has 0 spiro atoms. The van der Waals surface area contributed by atoms with E-state index in [0.717, 1.165) is 16.8 Å². The van der Waals surface area contributed by atoms with Gasteiger partial charge in [0.2, 0.25) is 11.9 Å². The molecule has 9 heteroatoms. The molecule has 0 aliphatic rings. The summed E-state index contributed by atoms with van der Waals surface area (Å²) in [5, 5.41) is 20.1. The first-order chi connectivity index (χ1) is 13.5. The van der Waals surface area contributed by atoms with E-state index in [1.54, 1.807) is 18.2 Å². The molecule has 138 valence electrons. The molecular weight excluding hydrogens is 381 g/mol. The van der Waals surface area contributed by atoms with Gasteiger partial charge < -0.3 is 5.32 Å². The second kappa shape index (κ2) is 7.21. The average Bonchev–Trinajstić information content (AvgIpc) is 3.09. The van der Waals surface area contributed by atoms with Gasteiger partial charge >= 0.3 is 0 Å². The van der Waals surface area contributed by atoms with Crippen LogP contribution in [0.3, 0.4) is 0 Å². The molecule has 0 fully saturated rings. The van der Waals surface area contributed by atoms with Crippen LogP contribution < -0.4 is 5.32 Å². The number of aryl methyl sites for hydroxylation is 1. The van der Waals surface area contributed by atoms with Crippen LogP contribution in [0, 0.1) is 24.2 Å². The highest BCUT2D eigenvalue weighted by Crippen LogP contribution is 2.29. The van der Waals surface area contributed by atoms with E-state index < -0.39 is 5.95 Å². The summed E-state index contributed by atoms with van der Waals surface area (Å²) in [6.45, 7) is 2.24. The second-order valence-electron chi connectivity index (χ2n) is 6.09. The summed E-state index contributed by atoms with van der Waals surface area (Å²) in [4.78, 5) is 12.4. The Kier molecular flexibility index (Phi) is 4.59. The summed E-state index contributed by atoms with van der Waals surface area (Å²) in [7, 11) is 0. The Hall–Kier alpha value is -3.57. The van der Waals surface area contributed by atoms with Gasteiger partial charge in [-0.3, -0.25) is 5.10 Å². The lowest BCUT2D eigenvalue weighted by Crippen LogP contribution is -2.05. The molecule has 7 nitrogen and oxygen atoms in total. The fourth-order valence-corrected chi connectivity index (χ4v) is 3.06. The number of nitrogens with one attached hydrogen (secondary N) is 2. The molecule has 0 aliphatic heterocycles. The molecule has 4 aromatic rings. The van der Waals surface area contributed by atoms with E-state index >= 15 is 0 Å². The number of fused-ring (bicyclic) bond motifs is 1. The highest BCUT2D eigenvalue weighted by Gasteiger charge is 2.12. The number of hydrogen-bond donors (Lipinski definition) is 2. The zero-order valence-corrected chi connectivity index (χ0v) is 15.4. The van der Waals surface area contributed by atoms with Crippen molar-refractivity contribution in [1.82, 2.24) is 25.1 Å². The number of hydrogen-bond acceptors (Lipinski definition) is 6. The van der Waals surface area contributed by atoms with Crippen molar-refractivity contribution in [2.24, 2.45) is 0 Å². The largest absolute Gasteiger partial charge is 0.349 e. The van der Waals surface area contributed by atoms with Gasteiger partial charge in [-0.1, -0.05) is 17.7 Å². The molecule has 0 saturated heterocycles. The summed E-state index contributed by atoms with van der Waals surface area (Å²) in [6.07, 6.45) is 1.52. The van der Waals surface area contributed by atoms with Gasteiger partial charge in [0.05, 0.1) is 40.8 Å². The Labute approximate surface area is 164 Å². The van der Waals surface area contributed by atoms with Crippen molar-refractivity contribution >= 4 is 28.6 Å². The van der Waals surface area contributed by atoms with E-state index in [0.29, 0.717) is 39.8 Å². The minimum absolute atomic E-state index is 0.308. The van der Waals surface area contributed by atoms with Crippen molar-refractivity contribution in [3.05, 3.63) is 64.3 Å². The Bertz CT molecular complexity index is 1230. The standard InChI is InChI=1S/C19H13ClFN7/c1-10-6-11(7-22)2-3-12(10)17-14(20)8-23-19(26-17)24-9-15-13-4-5-16(21)25-18(13)28-27-15/h2-6,8H,9H2,1H3,(H,23,24,26)(H,25,27,28). The van der Waals surface area contributed by atoms with Gasteiger partial charge in [0.25, 0.3) is 0 Å². The Morgan fingerprint density at radius 1 is 1.25 bits per heavy atom. The van der Waals surface area contributed by atoms with E-state index in [4.69, 9.17) is 16.9 Å². The normalized spacial score (nSPS) is 10.8. The lowest BCUT2D eigenvalue weighted by atomic mass is 10.0. The second-order valence-corrected chi connectivity index (χ2v) is 6.50. The topological polar surface area (TPSA) is 103 Å². The molecule has 0 atom stereocenters. The predicted molar refractivity (Wildman–Crippen MR) is 103 cm³/mol. The van der Waals surface area contributed by atoms with Gasteiger partial charge in [0.15, 0.2) is 5.65 Å². The number of halogens is 2. The van der Waals surface area contributed by atoms with Crippen molar-refractivity contribution < 1.29 is 4.39 Å². The van der Waals surface area contributed by atoms with Crippen LogP contribution in [0.1, 0.15) is 16.8 Å². The summed E-state index contributed by atoms with van der Waals surface area (Å²) >= 11 is 6.29. The molecule has 0 amide bonds. The molecule has 0 radical (unpaired) electrons. The number of pyridine rings is 1. The smallest absolute Gasteiger partial charge is 0.223 e. The van der Waals surface area contributed by atoms with E-state index in [2.05, 4.69) is 36.5 Å². The van der Waals surface area contributed by atoms with Gasteiger partial charge in [-0.15, -0.1) is 0 Å². The fourth-order valence-electron chi connectivity index (χ4n) is 2.87. The molecule has 3 aromatic heterocycles. The monoisotopic (exact) mass is 393 g/mol. The van der Waals surface area contributed by atoms with Gasteiger partial charge in [0, 0.05) is 10.9 Å². The fraction of sp³-hybridized carbons (Fsp3) is 0.105. The molecule has 3 heterocycles. The van der Waals surface area contributed by atoms with Crippen LogP contribution in [0.5, 0.6) is 0 Å². The highest BCUT2D eigenvalue weighted by atomic mass is 35.5. The van der Waals surface area contributed by atoms with Crippen LogP contribution >= 0.6 is 11.6 Å². The summed E-state index contributed by atoms with van der Waals surface area (Å²) in [5.41, 5.74) is 3.89. The maximum Gasteiger partial charge on any atom is 0.223 e. The quantitative estimate of drug-likeness (QED) is 0.508. The Morgan fingerprint density at radius 2 is 2.11 bits per heavy atom. The van der Waals surface area contributed by atoms with Crippen molar-refractivity contribution in [2.75, 3.05) is 5.32 Å². The lowest BCUT2D eigenvalue weighted by molar-refractivity contribution is 0.588. The van der Waals surface area contributed by atoms with Gasteiger partial charge in [0.1, 0.15) is 0 Å². The van der Waals surface area contributed by atoms with Crippen LogP contribution in [0.4, 0.5) is 10.3 Å². The number of nitriles is 1. The molecule has 0 saturated carbocycles. The van der Waals surface area contributed by atoms with Crippen LogP contribution in [0.15, 0.2) is 36.5 Å². The SMILES string of the molecule is Cc1cc(C#N)ccc1-c1nc(NCc2[nH]nc3nc(F)ccc23)ncc1Cl. The van der Waals surface area contributed by atoms with Gasteiger partial charge in [-0.25, -0.2) is 9.97 Å². The maximum atomic E-state index is 13.2. The number of H-pyrrole nitrogens is 1. The van der Waals surface area contributed by atoms with Crippen LogP contribution in [-0.2, 0) is 6.54 Å². The van der Waals surface area contributed by atoms with E-state index in [1.807, 2.05) is 13.0 Å².